The van der Waals surface area contributed by atoms with E-state index in [9.17, 15) is 0 Å². The summed E-state index contributed by atoms with van der Waals surface area (Å²) in [5.74, 6) is 0. The van der Waals surface area contributed by atoms with Crippen molar-refractivity contribution in [3.05, 3.63) is 0 Å². The zero-order valence-electron chi connectivity index (χ0n) is 26.6. The molecule has 0 nitrogen and oxygen atoms in total. The Balaban J connectivity index is 3.09. The molecule has 36 heavy (non-hydrogen) atoms. The minimum atomic E-state index is -1.98. The van der Waals surface area contributed by atoms with E-state index in [0.717, 1.165) is 0 Å². The molecule has 1 rings (SSSR count). The van der Waals surface area contributed by atoms with Gasteiger partial charge in [-0.15, -0.1) is 0 Å². The van der Waals surface area contributed by atoms with Crippen LogP contribution in [0.1, 0.15) is 138 Å². The summed E-state index contributed by atoms with van der Waals surface area (Å²) < 4.78 is 14.2. The van der Waals surface area contributed by atoms with Crippen molar-refractivity contribution in [1.82, 2.24) is 0 Å². The van der Waals surface area contributed by atoms with E-state index in [0.29, 0.717) is 0 Å². The van der Waals surface area contributed by atoms with E-state index in [1.807, 2.05) is 21.0 Å². The van der Waals surface area contributed by atoms with Gasteiger partial charge >= 0.3 is 242 Å². The molecule has 0 N–H and O–H groups in total. The van der Waals surface area contributed by atoms with Gasteiger partial charge in [0.2, 0.25) is 0 Å². The van der Waals surface area contributed by atoms with Gasteiger partial charge in [0.05, 0.1) is 0 Å². The second-order valence-corrected chi connectivity index (χ2v) is 47.2. The quantitative estimate of drug-likeness (QED) is 0.0867. The molecule has 0 saturated carbocycles. The molecule has 0 aromatic carbocycles. The van der Waals surface area contributed by atoms with Crippen LogP contribution in [0.25, 0.3) is 0 Å². The first-order valence-electron chi connectivity index (χ1n) is 17.5. The predicted molar refractivity (Wildman–Crippen MR) is 178 cm³/mol. The van der Waals surface area contributed by atoms with Gasteiger partial charge in [0.15, 0.2) is 0 Å². The average molecular weight is 734 g/mol. The zero-order valence-corrected chi connectivity index (χ0v) is 33.3. The van der Waals surface area contributed by atoms with Crippen LogP contribution in [0, 0.1) is 0 Å². The molecule has 0 aromatic rings. The van der Waals surface area contributed by atoms with Crippen molar-refractivity contribution in [3.8, 4) is 0 Å². The predicted octanol–water partition coefficient (Wildman–Crippen LogP) is 13.3. The van der Waals surface area contributed by atoms with Crippen LogP contribution in [0.4, 0.5) is 0 Å². The van der Waals surface area contributed by atoms with Gasteiger partial charge in [0.25, 0.3) is 0 Å². The Morgan fingerprint density at radius 1 is 0.389 bits per heavy atom. The SMILES string of the molecule is CCC[CH2][Sn]([CH2]CCC)([CH2]CCC)[CH2]C[Si]1(C[CH2][Sn]([CH2]CCC)([CH2]CCC)[CH2]CCC)CCCCC1. The maximum absolute atomic E-state index is 2.46. The summed E-state index contributed by atoms with van der Waals surface area (Å²) in [4.78, 5) is 0. The van der Waals surface area contributed by atoms with E-state index >= 15 is 0 Å². The third-order valence-corrected chi connectivity index (χ3v) is 50.7. The van der Waals surface area contributed by atoms with Gasteiger partial charge in [-0.2, -0.15) is 0 Å². The maximum atomic E-state index is 2.46. The van der Waals surface area contributed by atoms with Crippen molar-refractivity contribution in [3.63, 3.8) is 0 Å². The van der Waals surface area contributed by atoms with Crippen molar-refractivity contribution in [2.45, 2.75) is 198 Å². The Morgan fingerprint density at radius 3 is 0.917 bits per heavy atom. The van der Waals surface area contributed by atoms with E-state index in [4.69, 9.17) is 0 Å². The van der Waals surface area contributed by atoms with Gasteiger partial charge in [-0.05, 0) is 0 Å². The fourth-order valence-electron chi connectivity index (χ4n) is 7.80. The fourth-order valence-corrected chi connectivity index (χ4v) is 59.0. The Hall–Kier alpha value is 1.81. The average Bonchev–Trinajstić information content (AvgIpc) is 2.92. The van der Waals surface area contributed by atoms with E-state index in [-0.39, 0.29) is 0 Å². The second-order valence-electron chi connectivity index (χ2n) is 13.7. The van der Waals surface area contributed by atoms with Crippen LogP contribution in [0.3, 0.4) is 0 Å². The summed E-state index contributed by atoms with van der Waals surface area (Å²) in [7, 11) is -1.03. The Morgan fingerprint density at radius 2 is 0.667 bits per heavy atom. The summed E-state index contributed by atoms with van der Waals surface area (Å²) in [5.41, 5.74) is 0. The normalized spacial score (nSPS) is 16.5. The number of hydrogen-bond donors (Lipinski definition) is 0. The number of hydrogen-bond acceptors (Lipinski definition) is 0. The van der Waals surface area contributed by atoms with Crippen molar-refractivity contribution in [1.29, 1.82) is 0 Å². The van der Waals surface area contributed by atoms with Crippen LogP contribution in [0.2, 0.25) is 59.7 Å². The monoisotopic (exact) mass is 736 g/mol. The zero-order chi connectivity index (χ0) is 26.6. The molecule has 1 aliphatic heterocycles. The molecule has 0 amide bonds. The van der Waals surface area contributed by atoms with Crippen LogP contribution in [-0.2, 0) is 0 Å². The van der Waals surface area contributed by atoms with Crippen LogP contribution >= 0.6 is 0 Å². The summed E-state index contributed by atoms with van der Waals surface area (Å²) in [6, 6.07) is 7.14. The molecule has 0 spiro atoms. The molecule has 3 heteroatoms. The molecular weight excluding hydrogens is 662 g/mol. The molecule has 0 atom stereocenters. The molecular formula is C33H72SiSn2. The third-order valence-electron chi connectivity index (χ3n) is 10.6. The molecule has 0 aliphatic carbocycles. The number of unbranched alkanes of at least 4 members (excludes halogenated alkanes) is 6. The molecule has 1 saturated heterocycles. The fraction of sp³-hybridized carbons (Fsp3) is 1.00. The van der Waals surface area contributed by atoms with Gasteiger partial charge in [-0.3, -0.25) is 0 Å². The third kappa shape index (κ3) is 13.9. The van der Waals surface area contributed by atoms with Crippen molar-refractivity contribution >= 4 is 44.8 Å². The molecule has 0 bridgehead atoms. The van der Waals surface area contributed by atoms with Gasteiger partial charge in [-0.1, -0.05) is 0 Å². The molecule has 1 heterocycles. The van der Waals surface area contributed by atoms with Crippen LogP contribution < -0.4 is 0 Å². The van der Waals surface area contributed by atoms with Crippen LogP contribution in [-0.4, -0.2) is 44.8 Å². The standard InChI is InChI=1S/C9H18Si.6C4H9.2Sn/c1-3-10(4-2)8-6-5-7-9-10;6*1-3-4-2;;/h1-9H2;6*1,3-4H2,2H3;;. The van der Waals surface area contributed by atoms with Crippen molar-refractivity contribution < 1.29 is 0 Å². The molecule has 0 radical (unpaired) electrons. The van der Waals surface area contributed by atoms with Crippen LogP contribution in [0.5, 0.6) is 0 Å². The van der Waals surface area contributed by atoms with Crippen molar-refractivity contribution in [2.24, 2.45) is 0 Å². The molecule has 1 fully saturated rings. The van der Waals surface area contributed by atoms with E-state index in [2.05, 4.69) is 41.5 Å². The first kappa shape index (κ1) is 35.8. The Bertz CT molecular complexity index is 418. The van der Waals surface area contributed by atoms with Crippen LogP contribution in [0.15, 0.2) is 0 Å². The van der Waals surface area contributed by atoms with E-state index < -0.39 is 44.8 Å². The summed E-state index contributed by atoms with van der Waals surface area (Å²) in [5, 5.41) is 0. The minimum absolute atomic E-state index is 1.03. The van der Waals surface area contributed by atoms with Gasteiger partial charge in [0, 0.05) is 0 Å². The number of rotatable bonds is 24. The molecule has 0 aromatic heterocycles. The second kappa shape index (κ2) is 21.5. The summed E-state index contributed by atoms with van der Waals surface area (Å²) in [6.45, 7) is 14.8. The van der Waals surface area contributed by atoms with Gasteiger partial charge in [0.1, 0.15) is 0 Å². The summed E-state index contributed by atoms with van der Waals surface area (Å²) in [6.07, 6.45) is 22.9. The van der Waals surface area contributed by atoms with Crippen molar-refractivity contribution in [2.75, 3.05) is 0 Å². The summed E-state index contributed by atoms with van der Waals surface area (Å²) >= 11 is -3.97. The topological polar surface area (TPSA) is 0 Å². The Labute approximate surface area is 240 Å². The van der Waals surface area contributed by atoms with E-state index in [1.54, 1.807) is 96.5 Å². The first-order valence-corrected chi connectivity index (χ1v) is 36.5. The Kier molecular flexibility index (Phi) is 21.5. The van der Waals surface area contributed by atoms with E-state index in [1.165, 1.54) is 38.5 Å². The molecule has 1 aliphatic rings. The molecule has 216 valence electrons. The first-order chi connectivity index (χ1) is 17.5. The molecule has 0 unspecified atom stereocenters. The van der Waals surface area contributed by atoms with Gasteiger partial charge < -0.3 is 0 Å². The van der Waals surface area contributed by atoms with Gasteiger partial charge in [-0.25, -0.2) is 0 Å².